The highest BCUT2D eigenvalue weighted by Gasteiger charge is 2.24. The zero-order valence-corrected chi connectivity index (χ0v) is 8.16. The fraction of sp³-hybridized carbons (Fsp3) is 0.100. The molecular formula is C10H9NO5. The van der Waals surface area contributed by atoms with Gasteiger partial charge in [-0.1, -0.05) is 18.7 Å². The van der Waals surface area contributed by atoms with Crippen molar-refractivity contribution in [3.05, 3.63) is 52.1 Å². The molecule has 2 N–H and O–H groups in total. The summed E-state index contributed by atoms with van der Waals surface area (Å²) < 4.78 is 0. The summed E-state index contributed by atoms with van der Waals surface area (Å²) in [6.45, 7) is 3.16. The van der Waals surface area contributed by atoms with Crippen LogP contribution in [0.25, 0.3) is 0 Å². The topological polar surface area (TPSA) is 101 Å². The van der Waals surface area contributed by atoms with Gasteiger partial charge in [0.15, 0.2) is 0 Å². The number of para-hydroxylation sites is 1. The number of hydrogen-bond donors (Lipinski definition) is 2. The monoisotopic (exact) mass is 223 g/mol. The number of carboxylic acids is 1. The zero-order chi connectivity index (χ0) is 12.3. The number of benzene rings is 1. The molecule has 1 aromatic rings. The number of carbonyl (C=O) groups is 1. The number of hydrogen-bond acceptors (Lipinski definition) is 4. The number of aliphatic hydroxyl groups is 1. The Bertz CT molecular complexity index is 454. The molecule has 1 aromatic carbocycles. The molecule has 0 unspecified atom stereocenters. The number of aliphatic hydroxyl groups excluding tert-OH is 1. The van der Waals surface area contributed by atoms with Crippen LogP contribution in [0.4, 0.5) is 5.69 Å². The van der Waals surface area contributed by atoms with Crippen LogP contribution in [0.5, 0.6) is 0 Å². The Labute approximate surface area is 90.6 Å². The summed E-state index contributed by atoms with van der Waals surface area (Å²) in [5, 5.41) is 28.9. The molecule has 0 aliphatic heterocycles. The first-order valence-corrected chi connectivity index (χ1v) is 4.28. The number of nitro groups is 1. The molecule has 0 aliphatic rings. The van der Waals surface area contributed by atoms with E-state index >= 15 is 0 Å². The minimum Gasteiger partial charge on any atom is -0.478 e. The Morgan fingerprint density at radius 3 is 2.50 bits per heavy atom. The van der Waals surface area contributed by atoms with Gasteiger partial charge in [0.25, 0.3) is 5.69 Å². The molecule has 0 radical (unpaired) electrons. The van der Waals surface area contributed by atoms with Crippen LogP contribution < -0.4 is 0 Å². The largest absolute Gasteiger partial charge is 0.478 e. The van der Waals surface area contributed by atoms with E-state index in [2.05, 4.69) is 6.58 Å². The van der Waals surface area contributed by atoms with Gasteiger partial charge in [-0.2, -0.15) is 0 Å². The van der Waals surface area contributed by atoms with Gasteiger partial charge in [-0.15, -0.1) is 0 Å². The lowest BCUT2D eigenvalue weighted by Crippen LogP contribution is -2.11. The number of nitro benzene ring substituents is 1. The van der Waals surface area contributed by atoms with E-state index in [1.54, 1.807) is 0 Å². The van der Waals surface area contributed by atoms with E-state index in [9.17, 15) is 20.0 Å². The summed E-state index contributed by atoms with van der Waals surface area (Å²) >= 11 is 0. The minimum atomic E-state index is -1.58. The van der Waals surface area contributed by atoms with Gasteiger partial charge in [-0.3, -0.25) is 10.1 Å². The lowest BCUT2D eigenvalue weighted by atomic mass is 10.0. The Morgan fingerprint density at radius 2 is 2.00 bits per heavy atom. The Hall–Kier alpha value is -2.21. The second-order valence-electron chi connectivity index (χ2n) is 3.05. The van der Waals surface area contributed by atoms with Crippen LogP contribution >= 0.6 is 0 Å². The maximum absolute atomic E-state index is 10.6. The van der Waals surface area contributed by atoms with Crippen LogP contribution in [0.3, 0.4) is 0 Å². The Balaban J connectivity index is 3.18. The molecule has 0 aromatic heterocycles. The SMILES string of the molecule is C=C(C(=O)O)[C@H](O)c1ccccc1[N+](=O)[O-]. The second-order valence-corrected chi connectivity index (χ2v) is 3.05. The third-order valence-electron chi connectivity index (χ3n) is 2.03. The first kappa shape index (κ1) is 11.9. The molecule has 6 heteroatoms. The van der Waals surface area contributed by atoms with E-state index in [0.717, 1.165) is 0 Å². The summed E-state index contributed by atoms with van der Waals surface area (Å²) in [6, 6.07) is 5.38. The summed E-state index contributed by atoms with van der Waals surface area (Å²) in [5.41, 5.74) is -0.924. The lowest BCUT2D eigenvalue weighted by molar-refractivity contribution is -0.386. The van der Waals surface area contributed by atoms with Crippen LogP contribution in [-0.2, 0) is 4.79 Å². The van der Waals surface area contributed by atoms with E-state index in [4.69, 9.17) is 5.11 Å². The van der Waals surface area contributed by atoms with E-state index in [-0.39, 0.29) is 11.3 Å². The van der Waals surface area contributed by atoms with Gasteiger partial charge >= 0.3 is 5.97 Å². The van der Waals surface area contributed by atoms with Crippen molar-refractivity contribution >= 4 is 11.7 Å². The van der Waals surface area contributed by atoms with Crippen molar-refractivity contribution in [1.29, 1.82) is 0 Å². The van der Waals surface area contributed by atoms with Crippen LogP contribution in [-0.4, -0.2) is 21.1 Å². The van der Waals surface area contributed by atoms with Crippen molar-refractivity contribution in [1.82, 2.24) is 0 Å². The second kappa shape index (κ2) is 4.54. The fourth-order valence-corrected chi connectivity index (χ4v) is 1.19. The molecule has 0 fully saturated rings. The van der Waals surface area contributed by atoms with Crippen molar-refractivity contribution in [2.24, 2.45) is 0 Å². The average Bonchev–Trinajstić information content (AvgIpc) is 2.26. The maximum atomic E-state index is 10.6. The predicted molar refractivity (Wildman–Crippen MR) is 54.8 cm³/mol. The number of aliphatic carboxylic acids is 1. The molecule has 0 spiro atoms. The summed E-state index contributed by atoms with van der Waals surface area (Å²) in [4.78, 5) is 20.5. The van der Waals surface area contributed by atoms with Gasteiger partial charge in [-0.25, -0.2) is 4.79 Å². The highest BCUT2D eigenvalue weighted by Crippen LogP contribution is 2.28. The van der Waals surface area contributed by atoms with Crippen molar-refractivity contribution < 1.29 is 19.9 Å². The van der Waals surface area contributed by atoms with E-state index in [0.29, 0.717) is 0 Å². The smallest absolute Gasteiger partial charge is 0.333 e. The van der Waals surface area contributed by atoms with Crippen LogP contribution in [0, 0.1) is 10.1 Å². The quantitative estimate of drug-likeness (QED) is 0.454. The molecular weight excluding hydrogens is 214 g/mol. The first-order valence-electron chi connectivity index (χ1n) is 4.28. The Morgan fingerprint density at radius 1 is 1.44 bits per heavy atom. The van der Waals surface area contributed by atoms with Gasteiger partial charge in [-0.05, 0) is 6.07 Å². The van der Waals surface area contributed by atoms with Gasteiger partial charge < -0.3 is 10.2 Å². The molecule has 0 saturated carbocycles. The van der Waals surface area contributed by atoms with Crippen molar-refractivity contribution in [3.8, 4) is 0 Å². The van der Waals surface area contributed by atoms with Gasteiger partial charge in [0.2, 0.25) is 0 Å². The summed E-state index contributed by atoms with van der Waals surface area (Å²) in [7, 11) is 0. The molecule has 0 heterocycles. The maximum Gasteiger partial charge on any atom is 0.333 e. The molecule has 16 heavy (non-hydrogen) atoms. The third-order valence-corrected chi connectivity index (χ3v) is 2.03. The van der Waals surface area contributed by atoms with E-state index in [1.807, 2.05) is 0 Å². The number of rotatable bonds is 4. The van der Waals surface area contributed by atoms with Crippen molar-refractivity contribution in [2.75, 3.05) is 0 Å². The van der Waals surface area contributed by atoms with E-state index < -0.39 is 22.6 Å². The summed E-state index contributed by atoms with van der Waals surface area (Å²) in [6.07, 6.45) is -1.58. The van der Waals surface area contributed by atoms with Gasteiger partial charge in [0.1, 0.15) is 6.10 Å². The van der Waals surface area contributed by atoms with Crippen molar-refractivity contribution in [3.63, 3.8) is 0 Å². The minimum absolute atomic E-state index is 0.0834. The molecule has 0 amide bonds. The molecule has 84 valence electrons. The molecule has 1 rings (SSSR count). The first-order chi connectivity index (χ1) is 7.45. The molecule has 6 nitrogen and oxygen atoms in total. The highest BCUT2D eigenvalue weighted by atomic mass is 16.6. The predicted octanol–water partition coefficient (Wildman–Crippen LogP) is 1.27. The lowest BCUT2D eigenvalue weighted by Gasteiger charge is -2.10. The third kappa shape index (κ3) is 2.23. The van der Waals surface area contributed by atoms with Gasteiger partial charge in [0, 0.05) is 6.07 Å². The molecule has 1 atom stereocenters. The Kier molecular flexibility index (Phi) is 3.37. The van der Waals surface area contributed by atoms with E-state index in [1.165, 1.54) is 24.3 Å². The average molecular weight is 223 g/mol. The van der Waals surface area contributed by atoms with Gasteiger partial charge in [0.05, 0.1) is 16.1 Å². The van der Waals surface area contributed by atoms with Crippen molar-refractivity contribution in [2.45, 2.75) is 6.10 Å². The van der Waals surface area contributed by atoms with Crippen LogP contribution in [0.15, 0.2) is 36.4 Å². The zero-order valence-electron chi connectivity index (χ0n) is 8.16. The number of nitrogens with zero attached hydrogens (tertiary/aromatic N) is 1. The standard InChI is InChI=1S/C10H9NO5/c1-6(10(13)14)9(12)7-4-2-3-5-8(7)11(15)16/h2-5,9,12H,1H2,(H,13,14)/t9-/m0/s1. The molecule has 0 saturated heterocycles. The highest BCUT2D eigenvalue weighted by molar-refractivity contribution is 5.87. The van der Waals surface area contributed by atoms with Crippen LogP contribution in [0.2, 0.25) is 0 Å². The molecule has 0 aliphatic carbocycles. The van der Waals surface area contributed by atoms with Crippen LogP contribution in [0.1, 0.15) is 11.7 Å². The molecule has 0 bridgehead atoms. The normalized spacial score (nSPS) is 11.8. The fourth-order valence-electron chi connectivity index (χ4n) is 1.19. The summed E-state index contributed by atoms with van der Waals surface area (Å²) in [5.74, 6) is -1.40. The number of carboxylic acid groups (broad SMARTS) is 1.